The van der Waals surface area contributed by atoms with Gasteiger partial charge in [0, 0.05) is 12.6 Å². The molecule has 2 fully saturated rings. The van der Waals surface area contributed by atoms with E-state index in [9.17, 15) is 9.59 Å². The number of thiophene rings is 1. The Labute approximate surface area is 188 Å². The zero-order valence-corrected chi connectivity index (χ0v) is 18.3. The molecule has 1 aliphatic heterocycles. The molecule has 3 heterocycles. The lowest BCUT2D eigenvalue weighted by molar-refractivity contribution is -0.136. The largest absolute Gasteiger partial charge is 0.419 e. The molecule has 160 valence electrons. The second-order valence-corrected chi connectivity index (χ2v) is 9.17. The third-order valence-corrected chi connectivity index (χ3v) is 6.87. The number of likely N-dealkylation sites (tertiary alicyclic amines) is 1. The molecule has 3 aromatic rings. The molecule has 1 saturated heterocycles. The summed E-state index contributed by atoms with van der Waals surface area (Å²) in [5.41, 5.74) is 0.663. The zero-order chi connectivity index (χ0) is 21.4. The number of hydrogen-bond acceptors (Lipinski definition) is 6. The van der Waals surface area contributed by atoms with Crippen LogP contribution in [0.15, 0.2) is 46.2 Å². The van der Waals surface area contributed by atoms with Gasteiger partial charge in [-0.3, -0.25) is 9.59 Å². The Morgan fingerprint density at radius 3 is 2.74 bits per heavy atom. The second-order valence-electron chi connectivity index (χ2n) is 7.81. The Morgan fingerprint density at radius 2 is 2.00 bits per heavy atom. The highest BCUT2D eigenvalue weighted by Crippen LogP contribution is 2.33. The topological polar surface area (TPSA) is 79.5 Å². The van der Waals surface area contributed by atoms with Crippen LogP contribution in [0.2, 0.25) is 5.02 Å². The van der Waals surface area contributed by atoms with E-state index in [1.165, 1.54) is 11.3 Å². The van der Waals surface area contributed by atoms with Crippen LogP contribution < -0.4 is 0 Å². The number of aromatic nitrogens is 2. The Morgan fingerprint density at radius 1 is 1.16 bits per heavy atom. The maximum atomic E-state index is 13.5. The summed E-state index contributed by atoms with van der Waals surface area (Å²) < 4.78 is 5.83. The van der Waals surface area contributed by atoms with Crippen molar-refractivity contribution >= 4 is 34.8 Å². The average Bonchev–Trinajstić information content (AvgIpc) is 3.20. The summed E-state index contributed by atoms with van der Waals surface area (Å²) in [6.45, 7) is 0.835. The van der Waals surface area contributed by atoms with Crippen molar-refractivity contribution in [3.63, 3.8) is 0 Å². The summed E-state index contributed by atoms with van der Waals surface area (Å²) in [7, 11) is 0. The minimum absolute atomic E-state index is 0.0394. The van der Waals surface area contributed by atoms with E-state index in [-0.39, 0.29) is 24.4 Å². The first kappa shape index (κ1) is 20.2. The van der Waals surface area contributed by atoms with Gasteiger partial charge in [0.25, 0.3) is 5.91 Å². The van der Waals surface area contributed by atoms with Gasteiger partial charge in [-0.15, -0.1) is 21.5 Å². The fourth-order valence-corrected chi connectivity index (χ4v) is 4.88. The predicted octanol–water partition coefficient (Wildman–Crippen LogP) is 4.25. The van der Waals surface area contributed by atoms with Crippen LogP contribution in [0.3, 0.4) is 0 Å². The molecule has 2 aliphatic rings. The Kier molecular flexibility index (Phi) is 5.50. The van der Waals surface area contributed by atoms with E-state index >= 15 is 0 Å². The van der Waals surface area contributed by atoms with Crippen molar-refractivity contribution in [2.24, 2.45) is 0 Å². The molecule has 0 spiro atoms. The van der Waals surface area contributed by atoms with Crippen molar-refractivity contribution in [1.29, 1.82) is 0 Å². The molecular formula is C22H21ClN4O3S. The highest BCUT2D eigenvalue weighted by Gasteiger charge is 2.42. The van der Waals surface area contributed by atoms with Gasteiger partial charge in [-0.2, -0.15) is 0 Å². The molecule has 1 aromatic carbocycles. The van der Waals surface area contributed by atoms with Crippen molar-refractivity contribution in [2.45, 2.75) is 44.3 Å². The molecule has 0 radical (unpaired) electrons. The number of carbonyl (C=O) groups excluding carboxylic acids is 2. The van der Waals surface area contributed by atoms with E-state index in [0.717, 1.165) is 19.3 Å². The van der Waals surface area contributed by atoms with E-state index in [2.05, 4.69) is 10.2 Å². The molecule has 1 aliphatic carbocycles. The molecule has 5 rings (SSSR count). The monoisotopic (exact) mass is 456 g/mol. The van der Waals surface area contributed by atoms with E-state index in [0.29, 0.717) is 40.2 Å². The molecule has 0 N–H and O–H groups in total. The van der Waals surface area contributed by atoms with E-state index in [4.69, 9.17) is 16.0 Å². The van der Waals surface area contributed by atoms with Crippen molar-refractivity contribution in [3.8, 4) is 11.5 Å². The van der Waals surface area contributed by atoms with Crippen LogP contribution in [0.5, 0.6) is 0 Å². The van der Waals surface area contributed by atoms with Crippen LogP contribution in [0.1, 0.15) is 41.2 Å². The number of rotatable bonds is 6. The van der Waals surface area contributed by atoms with Crippen LogP contribution in [0, 0.1) is 0 Å². The lowest BCUT2D eigenvalue weighted by Crippen LogP contribution is -2.48. The SMILES string of the molecule is O=C(C1CCCN1C(=O)c1cccs1)N(Cc1nnc(-c2ccccc2Cl)o1)C1CC1. The van der Waals surface area contributed by atoms with Crippen LogP contribution >= 0.6 is 22.9 Å². The summed E-state index contributed by atoms with van der Waals surface area (Å²) in [5.74, 6) is 0.589. The maximum Gasteiger partial charge on any atom is 0.264 e. The first-order valence-electron chi connectivity index (χ1n) is 10.3. The number of amides is 2. The Balaban J connectivity index is 1.34. The van der Waals surface area contributed by atoms with Gasteiger partial charge in [0.15, 0.2) is 0 Å². The summed E-state index contributed by atoms with van der Waals surface area (Å²) in [5, 5.41) is 10.7. The van der Waals surface area contributed by atoms with Gasteiger partial charge >= 0.3 is 0 Å². The number of benzene rings is 1. The van der Waals surface area contributed by atoms with Crippen LogP contribution in [-0.4, -0.2) is 50.4 Å². The standard InChI is InChI=1S/C22H21ClN4O3S/c23-16-6-2-1-5-15(16)20-25-24-19(30-20)13-27(14-9-10-14)21(28)17-7-3-11-26(17)22(29)18-8-4-12-31-18/h1-2,4-6,8,12,14,17H,3,7,9-11,13H2. The number of carbonyl (C=O) groups is 2. The number of hydrogen-bond donors (Lipinski definition) is 0. The van der Waals surface area contributed by atoms with Crippen LogP contribution in [0.25, 0.3) is 11.5 Å². The molecule has 31 heavy (non-hydrogen) atoms. The highest BCUT2D eigenvalue weighted by atomic mass is 35.5. The van der Waals surface area contributed by atoms with Crippen molar-refractivity contribution in [3.05, 3.63) is 57.6 Å². The van der Waals surface area contributed by atoms with Gasteiger partial charge in [-0.1, -0.05) is 29.8 Å². The lowest BCUT2D eigenvalue weighted by atomic mass is 10.1. The van der Waals surface area contributed by atoms with Gasteiger partial charge in [0.2, 0.25) is 17.7 Å². The third-order valence-electron chi connectivity index (χ3n) is 5.68. The number of nitrogens with zero attached hydrogens (tertiary/aromatic N) is 4. The van der Waals surface area contributed by atoms with Crippen molar-refractivity contribution in [1.82, 2.24) is 20.0 Å². The highest BCUT2D eigenvalue weighted by molar-refractivity contribution is 7.12. The van der Waals surface area contributed by atoms with E-state index in [1.54, 1.807) is 21.9 Å². The summed E-state index contributed by atoms with van der Waals surface area (Å²) in [4.78, 5) is 30.5. The molecule has 2 amide bonds. The fraction of sp³-hybridized carbons (Fsp3) is 0.364. The first-order chi connectivity index (χ1) is 15.1. The first-order valence-corrected chi connectivity index (χ1v) is 11.6. The van der Waals surface area contributed by atoms with E-state index in [1.807, 2.05) is 29.6 Å². The minimum atomic E-state index is -0.443. The van der Waals surface area contributed by atoms with Gasteiger partial charge < -0.3 is 14.2 Å². The molecule has 1 unspecified atom stereocenters. The number of halogens is 1. The molecular weight excluding hydrogens is 436 g/mol. The van der Waals surface area contributed by atoms with Crippen LogP contribution in [-0.2, 0) is 11.3 Å². The smallest absolute Gasteiger partial charge is 0.264 e. The average molecular weight is 457 g/mol. The molecule has 1 atom stereocenters. The fourth-order valence-electron chi connectivity index (χ4n) is 3.98. The molecule has 1 saturated carbocycles. The van der Waals surface area contributed by atoms with Gasteiger partial charge in [-0.05, 0) is 49.3 Å². The molecule has 0 bridgehead atoms. The minimum Gasteiger partial charge on any atom is -0.419 e. The second kappa shape index (κ2) is 8.43. The molecule has 9 heteroatoms. The van der Waals surface area contributed by atoms with Crippen LogP contribution in [0.4, 0.5) is 0 Å². The van der Waals surface area contributed by atoms with Crippen molar-refractivity contribution < 1.29 is 14.0 Å². The Bertz CT molecular complexity index is 1100. The zero-order valence-electron chi connectivity index (χ0n) is 16.7. The maximum absolute atomic E-state index is 13.5. The summed E-state index contributed by atoms with van der Waals surface area (Å²) in [6.07, 6.45) is 3.39. The molecule has 7 nitrogen and oxygen atoms in total. The van der Waals surface area contributed by atoms with Crippen molar-refractivity contribution in [2.75, 3.05) is 6.54 Å². The van der Waals surface area contributed by atoms with Gasteiger partial charge in [0.05, 0.1) is 22.0 Å². The summed E-state index contributed by atoms with van der Waals surface area (Å²) >= 11 is 7.63. The van der Waals surface area contributed by atoms with E-state index < -0.39 is 6.04 Å². The van der Waals surface area contributed by atoms with Gasteiger partial charge in [-0.25, -0.2) is 0 Å². The third kappa shape index (κ3) is 4.09. The lowest BCUT2D eigenvalue weighted by Gasteiger charge is -2.29. The Hall–Kier alpha value is -2.71. The normalized spacial score (nSPS) is 18.4. The molecule has 2 aromatic heterocycles. The van der Waals surface area contributed by atoms with Gasteiger partial charge in [0.1, 0.15) is 6.04 Å². The summed E-state index contributed by atoms with van der Waals surface area (Å²) in [6, 6.07) is 10.6. The predicted molar refractivity (Wildman–Crippen MR) is 117 cm³/mol. The quantitative estimate of drug-likeness (QED) is 0.554.